The Balaban J connectivity index is 1.73. The van der Waals surface area contributed by atoms with E-state index in [1.54, 1.807) is 6.20 Å². The number of thioether (sulfide) groups is 1. The van der Waals surface area contributed by atoms with Crippen LogP contribution in [0.2, 0.25) is 0 Å². The molecule has 0 amide bonds. The molecule has 2 fully saturated rings. The Labute approximate surface area is 118 Å². The van der Waals surface area contributed by atoms with E-state index in [0.717, 1.165) is 34.7 Å². The van der Waals surface area contributed by atoms with Crippen LogP contribution in [0, 0.1) is 5.92 Å². The second kappa shape index (κ2) is 5.16. The Morgan fingerprint density at radius 3 is 2.47 bits per heavy atom. The summed E-state index contributed by atoms with van der Waals surface area (Å²) < 4.78 is 0. The normalized spacial score (nSPS) is 29.3. The summed E-state index contributed by atoms with van der Waals surface area (Å²) in [4.78, 5) is 18.8. The number of nitrogens with zero attached hydrogens (tertiary/aromatic N) is 2. The molecule has 0 saturated carbocycles. The molecule has 2 aliphatic rings. The van der Waals surface area contributed by atoms with Crippen molar-refractivity contribution in [1.82, 2.24) is 4.98 Å². The van der Waals surface area contributed by atoms with Crippen molar-refractivity contribution in [1.29, 1.82) is 0 Å². The molecular weight excluding hydrogens is 256 g/mol. The molecule has 102 valence electrons. The molecule has 3 rings (SSSR count). The standard InChI is InChI=1S/C15H20N2OS/c1-17(2)14-6-3-10(9-16-14)15(18)11-7-12-4-5-13(8-11)19-12/h3,6,9,11-13H,4-5,7-8H2,1-2H3. The van der Waals surface area contributed by atoms with Crippen LogP contribution in [0.1, 0.15) is 36.0 Å². The van der Waals surface area contributed by atoms with Crippen molar-refractivity contribution in [2.75, 3.05) is 19.0 Å². The maximum absolute atomic E-state index is 12.5. The van der Waals surface area contributed by atoms with Gasteiger partial charge in [0.2, 0.25) is 0 Å². The molecule has 3 nitrogen and oxygen atoms in total. The fourth-order valence-corrected chi connectivity index (χ4v) is 4.88. The van der Waals surface area contributed by atoms with E-state index in [0.29, 0.717) is 5.78 Å². The number of rotatable bonds is 3. The summed E-state index contributed by atoms with van der Waals surface area (Å²) in [6, 6.07) is 3.85. The molecule has 2 aliphatic heterocycles. The van der Waals surface area contributed by atoms with Gasteiger partial charge in [0, 0.05) is 42.3 Å². The van der Waals surface area contributed by atoms with Gasteiger partial charge in [-0.2, -0.15) is 11.8 Å². The second-order valence-electron chi connectivity index (χ2n) is 5.79. The summed E-state index contributed by atoms with van der Waals surface area (Å²) in [5.74, 6) is 1.43. The average Bonchev–Trinajstić information content (AvgIpc) is 2.76. The van der Waals surface area contributed by atoms with Gasteiger partial charge >= 0.3 is 0 Å². The van der Waals surface area contributed by atoms with Crippen LogP contribution in [0.15, 0.2) is 18.3 Å². The number of carbonyl (C=O) groups excluding carboxylic acids is 1. The highest BCUT2D eigenvalue weighted by atomic mass is 32.2. The zero-order valence-corrected chi connectivity index (χ0v) is 12.3. The van der Waals surface area contributed by atoms with Crippen molar-refractivity contribution in [3.8, 4) is 0 Å². The number of anilines is 1. The molecule has 2 saturated heterocycles. The minimum Gasteiger partial charge on any atom is -0.363 e. The van der Waals surface area contributed by atoms with Crippen LogP contribution in [-0.4, -0.2) is 35.4 Å². The number of ketones is 1. The highest BCUT2D eigenvalue weighted by Crippen LogP contribution is 2.46. The first-order chi connectivity index (χ1) is 9.13. The predicted molar refractivity (Wildman–Crippen MR) is 80.0 cm³/mol. The molecular formula is C15H20N2OS. The quantitative estimate of drug-likeness (QED) is 0.795. The van der Waals surface area contributed by atoms with E-state index in [-0.39, 0.29) is 5.92 Å². The molecule has 1 aromatic heterocycles. The molecule has 0 aromatic carbocycles. The summed E-state index contributed by atoms with van der Waals surface area (Å²) in [5, 5.41) is 1.45. The lowest BCUT2D eigenvalue weighted by Crippen LogP contribution is -2.25. The summed E-state index contributed by atoms with van der Waals surface area (Å²) >= 11 is 2.10. The summed E-state index contributed by atoms with van der Waals surface area (Å²) in [6.07, 6.45) is 6.47. The van der Waals surface area contributed by atoms with Crippen LogP contribution in [0.5, 0.6) is 0 Å². The van der Waals surface area contributed by atoms with E-state index in [2.05, 4.69) is 16.7 Å². The van der Waals surface area contributed by atoms with E-state index in [4.69, 9.17) is 0 Å². The molecule has 2 atom stereocenters. The molecule has 4 heteroatoms. The molecule has 2 unspecified atom stereocenters. The Morgan fingerprint density at radius 2 is 1.95 bits per heavy atom. The number of Topliss-reactive ketones (excluding diaryl/α,β-unsaturated/α-hetero) is 1. The third-order valence-corrected chi connectivity index (χ3v) is 5.78. The van der Waals surface area contributed by atoms with Gasteiger partial charge in [-0.25, -0.2) is 4.98 Å². The SMILES string of the molecule is CN(C)c1ccc(C(=O)C2CC3CCC(C2)S3)cn1. The maximum atomic E-state index is 12.5. The van der Waals surface area contributed by atoms with Gasteiger partial charge in [-0.15, -0.1) is 0 Å². The monoisotopic (exact) mass is 276 g/mol. The van der Waals surface area contributed by atoms with E-state index in [9.17, 15) is 4.79 Å². The third kappa shape index (κ3) is 2.64. The van der Waals surface area contributed by atoms with Crippen molar-refractivity contribution < 1.29 is 4.79 Å². The maximum Gasteiger partial charge on any atom is 0.167 e. The van der Waals surface area contributed by atoms with Crippen LogP contribution in [-0.2, 0) is 0 Å². The zero-order valence-electron chi connectivity index (χ0n) is 11.5. The van der Waals surface area contributed by atoms with E-state index >= 15 is 0 Å². The second-order valence-corrected chi connectivity index (χ2v) is 7.40. The predicted octanol–water partition coefficient (Wildman–Crippen LogP) is 3.00. The lowest BCUT2D eigenvalue weighted by atomic mass is 9.91. The number of hydrogen-bond donors (Lipinski definition) is 0. The topological polar surface area (TPSA) is 33.2 Å². The van der Waals surface area contributed by atoms with Crippen molar-refractivity contribution in [3.05, 3.63) is 23.9 Å². The third-order valence-electron chi connectivity index (χ3n) is 4.15. The largest absolute Gasteiger partial charge is 0.363 e. The molecule has 2 bridgehead atoms. The minimum atomic E-state index is 0.228. The zero-order chi connectivity index (χ0) is 13.4. The highest BCUT2D eigenvalue weighted by Gasteiger charge is 2.37. The van der Waals surface area contributed by atoms with E-state index in [1.807, 2.05) is 31.1 Å². The number of aromatic nitrogens is 1. The van der Waals surface area contributed by atoms with E-state index < -0.39 is 0 Å². The number of pyridine rings is 1. The first-order valence-electron chi connectivity index (χ1n) is 6.96. The summed E-state index contributed by atoms with van der Waals surface area (Å²) in [5.41, 5.74) is 0.780. The number of hydrogen-bond acceptors (Lipinski definition) is 4. The van der Waals surface area contributed by atoms with Crippen molar-refractivity contribution in [2.45, 2.75) is 36.2 Å². The first kappa shape index (κ1) is 13.0. The van der Waals surface area contributed by atoms with Gasteiger partial charge in [-0.05, 0) is 37.8 Å². The van der Waals surface area contributed by atoms with Gasteiger partial charge in [0.15, 0.2) is 5.78 Å². The fourth-order valence-electron chi connectivity index (χ4n) is 3.10. The molecule has 0 N–H and O–H groups in total. The molecule has 0 aliphatic carbocycles. The smallest absolute Gasteiger partial charge is 0.167 e. The van der Waals surface area contributed by atoms with E-state index in [1.165, 1.54) is 12.8 Å². The summed E-state index contributed by atoms with van der Waals surface area (Å²) in [6.45, 7) is 0. The van der Waals surface area contributed by atoms with Gasteiger partial charge < -0.3 is 4.90 Å². The van der Waals surface area contributed by atoms with Crippen molar-refractivity contribution in [3.63, 3.8) is 0 Å². The van der Waals surface area contributed by atoms with Crippen molar-refractivity contribution in [2.24, 2.45) is 5.92 Å². The number of carbonyl (C=O) groups is 1. The lowest BCUT2D eigenvalue weighted by molar-refractivity contribution is 0.0906. The Hall–Kier alpha value is -1.03. The highest BCUT2D eigenvalue weighted by molar-refractivity contribution is 8.00. The fraction of sp³-hybridized carbons (Fsp3) is 0.600. The number of fused-ring (bicyclic) bond motifs is 2. The van der Waals surface area contributed by atoms with Gasteiger partial charge in [0.1, 0.15) is 5.82 Å². The summed E-state index contributed by atoms with van der Waals surface area (Å²) in [7, 11) is 3.92. The average molecular weight is 276 g/mol. The van der Waals surface area contributed by atoms with Gasteiger partial charge in [0.25, 0.3) is 0 Å². The molecule has 1 aromatic rings. The van der Waals surface area contributed by atoms with Crippen LogP contribution in [0.25, 0.3) is 0 Å². The van der Waals surface area contributed by atoms with Crippen molar-refractivity contribution >= 4 is 23.4 Å². The molecule has 0 radical (unpaired) electrons. The first-order valence-corrected chi connectivity index (χ1v) is 7.91. The van der Waals surface area contributed by atoms with Crippen LogP contribution < -0.4 is 4.90 Å². The van der Waals surface area contributed by atoms with Crippen LogP contribution in [0.4, 0.5) is 5.82 Å². The molecule has 19 heavy (non-hydrogen) atoms. The van der Waals surface area contributed by atoms with Crippen LogP contribution >= 0.6 is 11.8 Å². The molecule has 0 spiro atoms. The Bertz CT molecular complexity index is 460. The van der Waals surface area contributed by atoms with Gasteiger partial charge in [-0.3, -0.25) is 4.79 Å². The van der Waals surface area contributed by atoms with Gasteiger partial charge in [0.05, 0.1) is 0 Å². The minimum absolute atomic E-state index is 0.228. The Kier molecular flexibility index (Phi) is 3.52. The molecule has 3 heterocycles. The Morgan fingerprint density at radius 1 is 1.26 bits per heavy atom. The van der Waals surface area contributed by atoms with Crippen LogP contribution in [0.3, 0.4) is 0 Å². The van der Waals surface area contributed by atoms with Gasteiger partial charge in [-0.1, -0.05) is 0 Å². The lowest BCUT2D eigenvalue weighted by Gasteiger charge is -2.26.